The number of phenolic OH excluding ortho intramolecular Hbond substituents is 1. The lowest BCUT2D eigenvalue weighted by Crippen LogP contribution is -2.07. The Morgan fingerprint density at radius 3 is 2.65 bits per heavy atom. The van der Waals surface area contributed by atoms with Crippen molar-refractivity contribution in [3.63, 3.8) is 0 Å². The van der Waals surface area contributed by atoms with E-state index in [2.05, 4.69) is 0 Å². The zero-order valence-corrected chi connectivity index (χ0v) is 11.2. The molecule has 0 aliphatic carbocycles. The molecule has 0 radical (unpaired) electrons. The fourth-order valence-electron chi connectivity index (χ4n) is 2.22. The fourth-order valence-corrected chi connectivity index (χ4v) is 2.22. The third kappa shape index (κ3) is 1.99. The minimum atomic E-state index is -0.240. The SMILES string of the molecule is CC(C)Oc1cc(O)c2c(=O)c3ccccc3oc2c1. The average molecular weight is 270 g/mol. The number of hydrogen-bond donors (Lipinski definition) is 1. The van der Waals surface area contributed by atoms with Crippen LogP contribution in [-0.2, 0) is 0 Å². The summed E-state index contributed by atoms with van der Waals surface area (Å²) in [6.07, 6.45) is -0.0287. The molecule has 0 aliphatic rings. The van der Waals surface area contributed by atoms with E-state index in [4.69, 9.17) is 9.15 Å². The highest BCUT2D eigenvalue weighted by Crippen LogP contribution is 2.30. The number of fused-ring (bicyclic) bond motifs is 2. The van der Waals surface area contributed by atoms with Gasteiger partial charge in [-0.1, -0.05) is 12.1 Å². The summed E-state index contributed by atoms with van der Waals surface area (Å²) in [5.74, 6) is 0.348. The van der Waals surface area contributed by atoms with Gasteiger partial charge in [0.15, 0.2) is 0 Å². The molecule has 1 heterocycles. The summed E-state index contributed by atoms with van der Waals surface area (Å²) < 4.78 is 11.2. The molecule has 1 N–H and O–H groups in total. The van der Waals surface area contributed by atoms with E-state index < -0.39 is 0 Å². The first kappa shape index (κ1) is 12.5. The van der Waals surface area contributed by atoms with Gasteiger partial charge in [-0.05, 0) is 26.0 Å². The van der Waals surface area contributed by atoms with Gasteiger partial charge < -0.3 is 14.3 Å². The number of para-hydroxylation sites is 1. The van der Waals surface area contributed by atoms with Crippen LogP contribution in [0.4, 0.5) is 0 Å². The van der Waals surface area contributed by atoms with E-state index in [-0.39, 0.29) is 22.7 Å². The quantitative estimate of drug-likeness (QED) is 0.725. The highest BCUT2D eigenvalue weighted by atomic mass is 16.5. The van der Waals surface area contributed by atoms with Crippen LogP contribution >= 0.6 is 0 Å². The van der Waals surface area contributed by atoms with E-state index in [1.807, 2.05) is 13.8 Å². The zero-order chi connectivity index (χ0) is 14.3. The lowest BCUT2D eigenvalue weighted by atomic mass is 10.1. The van der Waals surface area contributed by atoms with Gasteiger partial charge in [-0.25, -0.2) is 0 Å². The monoisotopic (exact) mass is 270 g/mol. The molecule has 0 aliphatic heterocycles. The molecule has 0 saturated carbocycles. The van der Waals surface area contributed by atoms with Gasteiger partial charge in [-0.3, -0.25) is 4.79 Å². The van der Waals surface area contributed by atoms with Crippen LogP contribution in [0.5, 0.6) is 11.5 Å². The topological polar surface area (TPSA) is 59.7 Å². The molecule has 3 aromatic rings. The second-order valence-corrected chi connectivity index (χ2v) is 4.91. The van der Waals surface area contributed by atoms with Gasteiger partial charge in [0, 0.05) is 12.1 Å². The summed E-state index contributed by atoms with van der Waals surface area (Å²) in [5.41, 5.74) is 0.575. The molecular formula is C16H14O4. The molecule has 0 saturated heterocycles. The van der Waals surface area contributed by atoms with E-state index >= 15 is 0 Å². The summed E-state index contributed by atoms with van der Waals surface area (Å²) >= 11 is 0. The van der Waals surface area contributed by atoms with E-state index in [1.165, 1.54) is 6.07 Å². The Morgan fingerprint density at radius 1 is 1.15 bits per heavy atom. The van der Waals surface area contributed by atoms with Crippen molar-refractivity contribution in [2.24, 2.45) is 0 Å². The first-order valence-corrected chi connectivity index (χ1v) is 6.41. The minimum Gasteiger partial charge on any atom is -0.507 e. The van der Waals surface area contributed by atoms with Crippen LogP contribution in [-0.4, -0.2) is 11.2 Å². The minimum absolute atomic E-state index is 0.0287. The number of aromatic hydroxyl groups is 1. The van der Waals surface area contributed by atoms with Crippen molar-refractivity contribution in [3.8, 4) is 11.5 Å². The molecule has 0 atom stereocenters. The third-order valence-electron chi connectivity index (χ3n) is 3.01. The summed E-state index contributed by atoms with van der Waals surface area (Å²) in [6.45, 7) is 3.77. The Kier molecular flexibility index (Phi) is 2.86. The summed E-state index contributed by atoms with van der Waals surface area (Å²) in [6, 6.07) is 10.0. The molecule has 2 aromatic carbocycles. The van der Waals surface area contributed by atoms with Crippen molar-refractivity contribution in [1.82, 2.24) is 0 Å². The summed E-state index contributed by atoms with van der Waals surface area (Å²) in [5, 5.41) is 10.7. The number of phenols is 1. The van der Waals surface area contributed by atoms with Crippen LogP contribution in [0.1, 0.15) is 13.8 Å². The standard InChI is InChI=1S/C16H14O4/c1-9(2)19-10-7-12(17)15-14(8-10)20-13-6-4-3-5-11(13)16(15)18/h3-9,17H,1-2H3. The largest absolute Gasteiger partial charge is 0.507 e. The van der Waals surface area contributed by atoms with Crippen molar-refractivity contribution >= 4 is 21.9 Å². The smallest absolute Gasteiger partial charge is 0.204 e. The predicted octanol–water partition coefficient (Wildman–Crippen LogP) is 3.44. The summed E-state index contributed by atoms with van der Waals surface area (Å²) in [7, 11) is 0. The Hall–Kier alpha value is -2.49. The third-order valence-corrected chi connectivity index (χ3v) is 3.01. The number of benzene rings is 2. The van der Waals surface area contributed by atoms with Crippen molar-refractivity contribution in [2.75, 3.05) is 0 Å². The molecule has 3 rings (SSSR count). The second-order valence-electron chi connectivity index (χ2n) is 4.91. The number of ether oxygens (including phenoxy) is 1. The van der Waals surface area contributed by atoms with Crippen LogP contribution in [0, 0.1) is 0 Å². The van der Waals surface area contributed by atoms with Gasteiger partial charge in [0.1, 0.15) is 28.1 Å². The molecule has 102 valence electrons. The van der Waals surface area contributed by atoms with Gasteiger partial charge in [-0.2, -0.15) is 0 Å². The first-order chi connectivity index (χ1) is 9.56. The molecule has 0 amide bonds. The van der Waals surface area contributed by atoms with Crippen molar-refractivity contribution in [3.05, 3.63) is 46.6 Å². The molecule has 4 nitrogen and oxygen atoms in total. The van der Waals surface area contributed by atoms with Crippen LogP contribution in [0.25, 0.3) is 21.9 Å². The van der Waals surface area contributed by atoms with Gasteiger partial charge in [-0.15, -0.1) is 0 Å². The van der Waals surface area contributed by atoms with Gasteiger partial charge in [0.2, 0.25) is 5.43 Å². The lowest BCUT2D eigenvalue weighted by molar-refractivity contribution is 0.241. The summed E-state index contributed by atoms with van der Waals surface area (Å²) in [4.78, 5) is 12.4. The molecule has 0 bridgehead atoms. The normalized spacial score (nSPS) is 11.3. The fraction of sp³-hybridized carbons (Fsp3) is 0.188. The Balaban J connectivity index is 2.37. The van der Waals surface area contributed by atoms with E-state index in [1.54, 1.807) is 30.3 Å². The van der Waals surface area contributed by atoms with Gasteiger partial charge in [0.25, 0.3) is 0 Å². The maximum absolute atomic E-state index is 12.4. The zero-order valence-electron chi connectivity index (χ0n) is 11.2. The van der Waals surface area contributed by atoms with Crippen molar-refractivity contribution < 1.29 is 14.3 Å². The maximum atomic E-state index is 12.4. The molecule has 1 aromatic heterocycles. The molecule has 0 spiro atoms. The molecular weight excluding hydrogens is 256 g/mol. The van der Waals surface area contributed by atoms with Gasteiger partial charge in [0.05, 0.1) is 11.5 Å². The molecule has 0 unspecified atom stereocenters. The highest BCUT2D eigenvalue weighted by molar-refractivity contribution is 5.93. The molecule has 4 heteroatoms. The van der Waals surface area contributed by atoms with E-state index in [0.717, 1.165) is 0 Å². The molecule has 20 heavy (non-hydrogen) atoms. The van der Waals surface area contributed by atoms with E-state index in [0.29, 0.717) is 22.3 Å². The first-order valence-electron chi connectivity index (χ1n) is 6.41. The van der Waals surface area contributed by atoms with Crippen LogP contribution < -0.4 is 10.2 Å². The van der Waals surface area contributed by atoms with Crippen LogP contribution in [0.15, 0.2) is 45.6 Å². The lowest BCUT2D eigenvalue weighted by Gasteiger charge is -2.11. The van der Waals surface area contributed by atoms with Crippen LogP contribution in [0.2, 0.25) is 0 Å². The number of hydrogen-bond acceptors (Lipinski definition) is 4. The number of rotatable bonds is 2. The highest BCUT2D eigenvalue weighted by Gasteiger charge is 2.13. The second kappa shape index (κ2) is 4.56. The average Bonchev–Trinajstić information content (AvgIpc) is 2.37. The van der Waals surface area contributed by atoms with Crippen molar-refractivity contribution in [1.29, 1.82) is 0 Å². The Labute approximate surface area is 115 Å². The van der Waals surface area contributed by atoms with Crippen molar-refractivity contribution in [2.45, 2.75) is 20.0 Å². The Bertz CT molecular complexity index is 846. The maximum Gasteiger partial charge on any atom is 0.204 e. The Morgan fingerprint density at radius 2 is 1.90 bits per heavy atom. The van der Waals surface area contributed by atoms with Gasteiger partial charge >= 0.3 is 0 Å². The molecule has 0 fully saturated rings. The van der Waals surface area contributed by atoms with Crippen LogP contribution in [0.3, 0.4) is 0 Å². The predicted molar refractivity (Wildman–Crippen MR) is 77.4 cm³/mol. The van der Waals surface area contributed by atoms with E-state index in [9.17, 15) is 9.90 Å².